The molecule has 0 aliphatic carbocycles. The lowest BCUT2D eigenvalue weighted by Crippen LogP contribution is -2.02. The molecule has 0 spiro atoms. The predicted octanol–water partition coefficient (Wildman–Crippen LogP) is 3.62. The van der Waals surface area contributed by atoms with Gasteiger partial charge in [-0.05, 0) is 5.41 Å². The van der Waals surface area contributed by atoms with Crippen LogP contribution in [-0.2, 0) is 0 Å². The molecule has 76 valence electrons. The topological polar surface area (TPSA) is 0 Å². The van der Waals surface area contributed by atoms with Crippen LogP contribution >= 0.6 is 11.8 Å². The third-order valence-electron chi connectivity index (χ3n) is 1.37. The molecule has 0 heterocycles. The maximum Gasteiger partial charge on any atom is 0.200 e. The van der Waals surface area contributed by atoms with Crippen molar-refractivity contribution in [1.29, 1.82) is 0 Å². The van der Waals surface area contributed by atoms with E-state index in [1.807, 2.05) is 0 Å². The quantitative estimate of drug-likeness (QED) is 0.321. The molecular weight excluding hydrogens is 223 g/mol. The van der Waals surface area contributed by atoms with E-state index in [9.17, 15) is 22.0 Å². The summed E-state index contributed by atoms with van der Waals surface area (Å²) in [6.45, 7) is 3.11. The van der Waals surface area contributed by atoms with Crippen LogP contribution in [0.15, 0.2) is 16.9 Å². The summed E-state index contributed by atoms with van der Waals surface area (Å²) < 4.78 is 63.1. The monoisotopic (exact) mass is 226 g/mol. The minimum Gasteiger partial charge on any atom is -0.202 e. The zero-order valence-electron chi connectivity index (χ0n) is 6.58. The third-order valence-corrected chi connectivity index (χ3v) is 2.13. The summed E-state index contributed by atoms with van der Waals surface area (Å²) in [6.07, 6.45) is 0. The van der Waals surface area contributed by atoms with Gasteiger partial charge < -0.3 is 0 Å². The highest BCUT2D eigenvalue weighted by Gasteiger charge is 2.25. The Balaban J connectivity index is 3.50. The van der Waals surface area contributed by atoms with Crippen LogP contribution in [0.3, 0.4) is 0 Å². The average Bonchev–Trinajstić information content (AvgIpc) is 2.19. The number of benzene rings is 1. The van der Waals surface area contributed by atoms with E-state index < -0.39 is 34.0 Å². The molecule has 1 aromatic carbocycles. The van der Waals surface area contributed by atoms with Crippen molar-refractivity contribution in [3.05, 3.63) is 41.1 Å². The van der Waals surface area contributed by atoms with Gasteiger partial charge in [-0.25, -0.2) is 22.0 Å². The molecule has 0 fully saturated rings. The maximum atomic E-state index is 12.8. The molecule has 0 nitrogen and oxygen atoms in total. The van der Waals surface area contributed by atoms with E-state index in [0.29, 0.717) is 11.8 Å². The molecule has 6 heteroatoms. The number of halogens is 5. The van der Waals surface area contributed by atoms with E-state index in [2.05, 4.69) is 6.58 Å². The SMILES string of the molecule is C=CSc1c(F)c(F)c(F)c(F)c1F. The van der Waals surface area contributed by atoms with Crippen LogP contribution < -0.4 is 0 Å². The molecule has 0 aliphatic rings. The van der Waals surface area contributed by atoms with Gasteiger partial charge in [-0.1, -0.05) is 18.3 Å². The fourth-order valence-corrected chi connectivity index (χ4v) is 1.32. The number of rotatable bonds is 2. The Kier molecular flexibility index (Phi) is 3.15. The van der Waals surface area contributed by atoms with Gasteiger partial charge in [0, 0.05) is 0 Å². The molecule has 0 aromatic heterocycles. The van der Waals surface area contributed by atoms with Crippen LogP contribution in [0.1, 0.15) is 0 Å². The summed E-state index contributed by atoms with van der Waals surface area (Å²) in [5, 5.41) is 0.971. The van der Waals surface area contributed by atoms with E-state index in [1.54, 1.807) is 0 Å². The number of hydrogen-bond donors (Lipinski definition) is 0. The lowest BCUT2D eigenvalue weighted by molar-refractivity contribution is 0.361. The van der Waals surface area contributed by atoms with E-state index in [1.165, 1.54) is 0 Å². The first kappa shape index (κ1) is 11.0. The van der Waals surface area contributed by atoms with Gasteiger partial charge in [0.25, 0.3) is 0 Å². The van der Waals surface area contributed by atoms with Gasteiger partial charge in [-0.15, -0.1) is 0 Å². The standard InChI is InChI=1S/C8H3F5S/c1-2-14-8-6(12)4(10)3(9)5(11)7(8)13/h2H,1H2. The Hall–Kier alpha value is -1.04. The van der Waals surface area contributed by atoms with Crippen molar-refractivity contribution in [2.75, 3.05) is 0 Å². The first-order valence-corrected chi connectivity index (χ1v) is 4.17. The zero-order valence-corrected chi connectivity index (χ0v) is 7.40. The molecule has 0 bridgehead atoms. The highest BCUT2D eigenvalue weighted by atomic mass is 32.2. The summed E-state index contributed by atoms with van der Waals surface area (Å²) in [5.74, 6) is -9.74. The van der Waals surface area contributed by atoms with Crippen molar-refractivity contribution in [3.8, 4) is 0 Å². The Morgan fingerprint density at radius 1 is 0.786 bits per heavy atom. The van der Waals surface area contributed by atoms with Crippen molar-refractivity contribution < 1.29 is 22.0 Å². The smallest absolute Gasteiger partial charge is 0.200 e. The number of hydrogen-bond acceptors (Lipinski definition) is 1. The molecule has 0 N–H and O–H groups in total. The van der Waals surface area contributed by atoms with Crippen molar-refractivity contribution >= 4 is 11.8 Å². The summed E-state index contributed by atoms with van der Waals surface area (Å²) >= 11 is 0.333. The largest absolute Gasteiger partial charge is 0.202 e. The second kappa shape index (κ2) is 4.00. The van der Waals surface area contributed by atoms with Crippen molar-refractivity contribution in [2.45, 2.75) is 4.90 Å². The van der Waals surface area contributed by atoms with Crippen LogP contribution in [0.5, 0.6) is 0 Å². The fraction of sp³-hybridized carbons (Fsp3) is 0. The Morgan fingerprint density at radius 2 is 1.14 bits per heavy atom. The van der Waals surface area contributed by atoms with Gasteiger partial charge in [0.05, 0.1) is 4.90 Å². The Labute approximate surface area is 80.4 Å². The minimum atomic E-state index is -2.16. The van der Waals surface area contributed by atoms with Gasteiger partial charge >= 0.3 is 0 Å². The first-order chi connectivity index (χ1) is 6.50. The van der Waals surface area contributed by atoms with E-state index in [-0.39, 0.29) is 0 Å². The van der Waals surface area contributed by atoms with Gasteiger partial charge in [0.1, 0.15) is 0 Å². The van der Waals surface area contributed by atoms with Crippen LogP contribution in [-0.4, -0.2) is 0 Å². The second-order valence-electron chi connectivity index (χ2n) is 2.18. The Morgan fingerprint density at radius 3 is 1.50 bits per heavy atom. The maximum absolute atomic E-state index is 12.8. The van der Waals surface area contributed by atoms with Crippen LogP contribution in [0, 0.1) is 29.1 Å². The lowest BCUT2D eigenvalue weighted by Gasteiger charge is -2.04. The van der Waals surface area contributed by atoms with Crippen molar-refractivity contribution in [1.82, 2.24) is 0 Å². The summed E-state index contributed by atoms with van der Waals surface area (Å²) in [4.78, 5) is -0.948. The summed E-state index contributed by atoms with van der Waals surface area (Å²) in [6, 6.07) is 0. The fourth-order valence-electron chi connectivity index (χ4n) is 0.772. The van der Waals surface area contributed by atoms with Crippen molar-refractivity contribution in [2.24, 2.45) is 0 Å². The third kappa shape index (κ3) is 1.61. The highest BCUT2D eigenvalue weighted by Crippen LogP contribution is 2.30. The van der Waals surface area contributed by atoms with E-state index in [0.717, 1.165) is 5.41 Å². The molecule has 0 saturated heterocycles. The van der Waals surface area contributed by atoms with Gasteiger partial charge in [-0.2, -0.15) is 0 Å². The lowest BCUT2D eigenvalue weighted by atomic mass is 10.3. The minimum absolute atomic E-state index is 0.333. The molecule has 0 amide bonds. The molecular formula is C8H3F5S. The molecule has 14 heavy (non-hydrogen) atoms. The van der Waals surface area contributed by atoms with Gasteiger partial charge in [0.15, 0.2) is 23.3 Å². The molecule has 1 rings (SSSR count). The van der Waals surface area contributed by atoms with E-state index >= 15 is 0 Å². The van der Waals surface area contributed by atoms with E-state index in [4.69, 9.17) is 0 Å². The molecule has 0 atom stereocenters. The molecule has 0 unspecified atom stereocenters. The highest BCUT2D eigenvalue weighted by molar-refractivity contribution is 8.02. The second-order valence-corrected chi connectivity index (χ2v) is 3.16. The zero-order chi connectivity index (χ0) is 10.9. The van der Waals surface area contributed by atoms with Crippen LogP contribution in [0.2, 0.25) is 0 Å². The van der Waals surface area contributed by atoms with Gasteiger partial charge in [0.2, 0.25) is 5.82 Å². The molecule has 0 aliphatic heterocycles. The van der Waals surface area contributed by atoms with Crippen molar-refractivity contribution in [3.63, 3.8) is 0 Å². The van der Waals surface area contributed by atoms with Gasteiger partial charge in [-0.3, -0.25) is 0 Å². The van der Waals surface area contributed by atoms with Crippen LogP contribution in [0.4, 0.5) is 22.0 Å². The normalized spacial score (nSPS) is 10.4. The average molecular weight is 226 g/mol. The predicted molar refractivity (Wildman–Crippen MR) is 42.3 cm³/mol. The Bertz CT molecular complexity index is 359. The first-order valence-electron chi connectivity index (χ1n) is 3.29. The molecule has 1 aromatic rings. The number of thioether (sulfide) groups is 1. The summed E-state index contributed by atoms with van der Waals surface area (Å²) in [5.41, 5.74) is 0. The van der Waals surface area contributed by atoms with Crippen LogP contribution in [0.25, 0.3) is 0 Å². The molecule has 0 saturated carbocycles. The molecule has 0 radical (unpaired) electrons. The summed E-state index contributed by atoms with van der Waals surface area (Å²) in [7, 11) is 0.